The maximum atomic E-state index is 12.4. The van der Waals surface area contributed by atoms with E-state index in [1.165, 1.54) is 11.3 Å². The summed E-state index contributed by atoms with van der Waals surface area (Å²) in [6.07, 6.45) is 3.87. The maximum absolute atomic E-state index is 12.4. The average Bonchev–Trinajstić information content (AvgIpc) is 3.20. The molecular weight excluding hydrogens is 368 g/mol. The number of nitrogens with zero attached hydrogens (tertiary/aromatic N) is 3. The molecule has 0 saturated carbocycles. The van der Waals surface area contributed by atoms with E-state index >= 15 is 0 Å². The second-order valence-electron chi connectivity index (χ2n) is 5.91. The fourth-order valence-electron chi connectivity index (χ4n) is 2.67. The van der Waals surface area contributed by atoms with Crippen LogP contribution < -0.4 is 5.32 Å². The first-order chi connectivity index (χ1) is 12.6. The van der Waals surface area contributed by atoms with Gasteiger partial charge in [0.15, 0.2) is 4.96 Å². The Balaban J connectivity index is 1.56. The van der Waals surface area contributed by atoms with Crippen LogP contribution in [0.1, 0.15) is 11.3 Å². The molecule has 4 rings (SSSR count). The number of imidazole rings is 1. The molecule has 3 heterocycles. The van der Waals surface area contributed by atoms with Crippen LogP contribution in [0.2, 0.25) is 5.02 Å². The summed E-state index contributed by atoms with van der Waals surface area (Å²) in [7, 11) is 0. The summed E-state index contributed by atoms with van der Waals surface area (Å²) in [6, 6.07) is 11.3. The number of hydrogen-bond acceptors (Lipinski definition) is 4. The number of carbonyl (C=O) groups is 1. The number of aromatic nitrogens is 3. The number of benzene rings is 1. The van der Waals surface area contributed by atoms with Gasteiger partial charge in [-0.2, -0.15) is 0 Å². The number of nitrogens with one attached hydrogen (secondary N) is 1. The minimum Gasteiger partial charge on any atom is -0.310 e. The van der Waals surface area contributed by atoms with Crippen molar-refractivity contribution in [1.29, 1.82) is 0 Å². The van der Waals surface area contributed by atoms with Gasteiger partial charge in [-0.15, -0.1) is 11.3 Å². The molecule has 0 aliphatic heterocycles. The first-order valence-electron chi connectivity index (χ1n) is 8.03. The standard InChI is InChI=1S/C19H15ClN4OS/c1-12-3-2-8-21-18(12)23-17(25)9-15-11-26-19-22-16(10-24(15)19)13-4-6-14(20)7-5-13/h2-8,10-11H,9H2,1H3,(H,21,23,25). The highest BCUT2D eigenvalue weighted by molar-refractivity contribution is 7.15. The van der Waals surface area contributed by atoms with E-state index in [-0.39, 0.29) is 12.3 Å². The molecule has 0 radical (unpaired) electrons. The van der Waals surface area contributed by atoms with Gasteiger partial charge in [-0.25, -0.2) is 9.97 Å². The Hall–Kier alpha value is -2.70. The second-order valence-corrected chi connectivity index (χ2v) is 7.18. The van der Waals surface area contributed by atoms with Gasteiger partial charge in [-0.05, 0) is 30.7 Å². The summed E-state index contributed by atoms with van der Waals surface area (Å²) < 4.78 is 1.96. The van der Waals surface area contributed by atoms with Crippen molar-refractivity contribution in [3.63, 3.8) is 0 Å². The molecule has 0 aliphatic rings. The van der Waals surface area contributed by atoms with Crippen molar-refractivity contribution in [3.05, 3.63) is 70.5 Å². The average molecular weight is 383 g/mol. The van der Waals surface area contributed by atoms with E-state index in [1.807, 2.05) is 59.3 Å². The zero-order valence-corrected chi connectivity index (χ0v) is 15.5. The normalized spacial score (nSPS) is 11.0. The van der Waals surface area contributed by atoms with Crippen molar-refractivity contribution in [2.45, 2.75) is 13.3 Å². The third-order valence-electron chi connectivity index (χ3n) is 4.03. The number of thiazole rings is 1. The van der Waals surface area contributed by atoms with Crippen LogP contribution in [0, 0.1) is 6.92 Å². The number of rotatable bonds is 4. The molecule has 0 atom stereocenters. The van der Waals surface area contributed by atoms with Crippen LogP contribution in [0.25, 0.3) is 16.2 Å². The van der Waals surface area contributed by atoms with Crippen LogP contribution in [0.3, 0.4) is 0 Å². The Kier molecular flexibility index (Phi) is 4.44. The molecule has 0 fully saturated rings. The minimum absolute atomic E-state index is 0.103. The van der Waals surface area contributed by atoms with Crippen molar-refractivity contribution in [2.24, 2.45) is 0 Å². The van der Waals surface area contributed by atoms with E-state index in [0.29, 0.717) is 10.8 Å². The Morgan fingerprint density at radius 1 is 1.27 bits per heavy atom. The third-order valence-corrected chi connectivity index (χ3v) is 5.17. The first kappa shape index (κ1) is 16.8. The molecule has 0 aliphatic carbocycles. The van der Waals surface area contributed by atoms with Crippen LogP contribution in [-0.2, 0) is 11.2 Å². The van der Waals surface area contributed by atoms with Crippen molar-refractivity contribution >= 4 is 39.6 Å². The number of amides is 1. The van der Waals surface area contributed by atoms with Crippen molar-refractivity contribution < 1.29 is 4.79 Å². The van der Waals surface area contributed by atoms with E-state index < -0.39 is 0 Å². The van der Waals surface area contributed by atoms with E-state index in [4.69, 9.17) is 11.6 Å². The lowest BCUT2D eigenvalue weighted by Gasteiger charge is -2.06. The highest BCUT2D eigenvalue weighted by atomic mass is 35.5. The van der Waals surface area contributed by atoms with Gasteiger partial charge < -0.3 is 5.32 Å². The van der Waals surface area contributed by atoms with Gasteiger partial charge in [0.05, 0.1) is 12.1 Å². The van der Waals surface area contributed by atoms with Crippen molar-refractivity contribution in [3.8, 4) is 11.3 Å². The molecule has 0 unspecified atom stereocenters. The third kappa shape index (κ3) is 3.34. The van der Waals surface area contributed by atoms with Gasteiger partial charge in [0.25, 0.3) is 0 Å². The van der Waals surface area contributed by atoms with Crippen LogP contribution in [0.15, 0.2) is 54.2 Å². The lowest BCUT2D eigenvalue weighted by Crippen LogP contribution is -2.16. The van der Waals surface area contributed by atoms with Crippen LogP contribution >= 0.6 is 22.9 Å². The number of halogens is 1. The Morgan fingerprint density at radius 3 is 2.85 bits per heavy atom. The van der Waals surface area contributed by atoms with Gasteiger partial charge in [0.1, 0.15) is 5.82 Å². The molecule has 0 spiro atoms. The van der Waals surface area contributed by atoms with E-state index in [0.717, 1.165) is 27.5 Å². The van der Waals surface area contributed by atoms with Gasteiger partial charge in [0.2, 0.25) is 5.91 Å². The topological polar surface area (TPSA) is 59.3 Å². The monoisotopic (exact) mass is 382 g/mol. The summed E-state index contributed by atoms with van der Waals surface area (Å²) in [5.74, 6) is 0.490. The van der Waals surface area contributed by atoms with Crippen LogP contribution in [0.5, 0.6) is 0 Å². The number of hydrogen-bond donors (Lipinski definition) is 1. The molecule has 1 N–H and O–H groups in total. The number of aryl methyl sites for hydroxylation is 1. The first-order valence-corrected chi connectivity index (χ1v) is 9.29. The fraction of sp³-hybridized carbons (Fsp3) is 0.105. The summed E-state index contributed by atoms with van der Waals surface area (Å²) in [5.41, 5.74) is 3.67. The molecule has 26 heavy (non-hydrogen) atoms. The number of carbonyl (C=O) groups excluding carboxylic acids is 1. The molecule has 130 valence electrons. The Labute approximate surface area is 159 Å². The largest absolute Gasteiger partial charge is 0.310 e. The summed E-state index contributed by atoms with van der Waals surface area (Å²) in [4.78, 5) is 22.1. The SMILES string of the molecule is Cc1cccnc1NC(=O)Cc1csc2nc(-c3ccc(Cl)cc3)cn12. The predicted molar refractivity (Wildman–Crippen MR) is 105 cm³/mol. The number of pyridine rings is 1. The maximum Gasteiger partial charge on any atom is 0.231 e. The zero-order valence-electron chi connectivity index (χ0n) is 13.9. The van der Waals surface area contributed by atoms with Crippen LogP contribution in [-0.4, -0.2) is 20.3 Å². The quantitative estimate of drug-likeness (QED) is 0.561. The Bertz CT molecular complexity index is 1080. The molecule has 0 bridgehead atoms. The summed E-state index contributed by atoms with van der Waals surface area (Å²) >= 11 is 7.46. The lowest BCUT2D eigenvalue weighted by molar-refractivity contribution is -0.115. The van der Waals surface area contributed by atoms with Gasteiger partial charge >= 0.3 is 0 Å². The highest BCUT2D eigenvalue weighted by Crippen LogP contribution is 2.25. The van der Waals surface area contributed by atoms with E-state index in [9.17, 15) is 4.79 Å². The van der Waals surface area contributed by atoms with Crippen molar-refractivity contribution in [2.75, 3.05) is 5.32 Å². The van der Waals surface area contributed by atoms with Gasteiger partial charge in [-0.3, -0.25) is 9.20 Å². The number of fused-ring (bicyclic) bond motifs is 1. The summed E-state index contributed by atoms with van der Waals surface area (Å²) in [5, 5.41) is 5.51. The van der Waals surface area contributed by atoms with E-state index in [1.54, 1.807) is 6.20 Å². The highest BCUT2D eigenvalue weighted by Gasteiger charge is 2.13. The molecule has 5 nitrogen and oxygen atoms in total. The molecular formula is C19H15ClN4OS. The second kappa shape index (κ2) is 6.90. The minimum atomic E-state index is -0.103. The molecule has 3 aromatic heterocycles. The molecule has 1 aromatic carbocycles. The van der Waals surface area contributed by atoms with Gasteiger partial charge in [0, 0.05) is 34.1 Å². The fourth-order valence-corrected chi connectivity index (χ4v) is 3.67. The van der Waals surface area contributed by atoms with Gasteiger partial charge in [-0.1, -0.05) is 29.8 Å². The van der Waals surface area contributed by atoms with E-state index in [2.05, 4.69) is 15.3 Å². The molecule has 0 saturated heterocycles. The summed E-state index contributed by atoms with van der Waals surface area (Å²) in [6.45, 7) is 1.92. The lowest BCUT2D eigenvalue weighted by atomic mass is 10.2. The zero-order chi connectivity index (χ0) is 18.1. The predicted octanol–water partition coefficient (Wildman–Crippen LogP) is 4.60. The molecule has 1 amide bonds. The molecule has 7 heteroatoms. The van der Waals surface area contributed by atoms with Crippen molar-refractivity contribution in [1.82, 2.24) is 14.4 Å². The number of anilines is 1. The van der Waals surface area contributed by atoms with Crippen LogP contribution in [0.4, 0.5) is 5.82 Å². The molecule has 4 aromatic rings. The Morgan fingerprint density at radius 2 is 2.08 bits per heavy atom. The smallest absolute Gasteiger partial charge is 0.231 e.